The van der Waals surface area contributed by atoms with Crippen LogP contribution in [0.15, 0.2) is 0 Å². The molecule has 0 aliphatic rings. The van der Waals surface area contributed by atoms with Crippen LogP contribution in [0, 0.1) is 5.92 Å². The van der Waals surface area contributed by atoms with Crippen LogP contribution in [-0.2, 0) is 4.79 Å². The predicted octanol–water partition coefficient (Wildman–Crippen LogP) is -0.155. The lowest BCUT2D eigenvalue weighted by Gasteiger charge is -2.11. The quantitative estimate of drug-likeness (QED) is 0.557. The molecule has 0 radical (unpaired) electrons. The van der Waals surface area contributed by atoms with E-state index in [0.717, 1.165) is 0 Å². The Kier molecular flexibility index (Phi) is 3.24. The summed E-state index contributed by atoms with van der Waals surface area (Å²) in [5.74, 6) is -0.0812. The third kappa shape index (κ3) is 3.97. The van der Waals surface area contributed by atoms with Gasteiger partial charge in [-0.25, -0.2) is 0 Å². The molecule has 1 amide bonds. The van der Waals surface area contributed by atoms with E-state index in [4.69, 9.17) is 11.5 Å². The summed E-state index contributed by atoms with van der Waals surface area (Å²) in [5.41, 5.74) is 10.4. The molecule has 0 aromatic rings. The number of amides is 1. The molecule has 0 aliphatic carbocycles. The second-order valence-electron chi connectivity index (χ2n) is 2.51. The largest absolute Gasteiger partial charge is 0.370 e. The highest BCUT2D eigenvalue weighted by Crippen LogP contribution is 2.03. The van der Waals surface area contributed by atoms with Crippen molar-refractivity contribution in [3.63, 3.8) is 0 Å². The van der Waals surface area contributed by atoms with Gasteiger partial charge in [-0.15, -0.1) is 0 Å². The van der Waals surface area contributed by atoms with Crippen molar-refractivity contribution in [3.8, 4) is 0 Å². The van der Waals surface area contributed by atoms with Crippen molar-refractivity contribution in [1.82, 2.24) is 0 Å². The molecule has 0 bridgehead atoms. The van der Waals surface area contributed by atoms with Gasteiger partial charge in [-0.1, -0.05) is 6.92 Å². The molecule has 3 heteroatoms. The third-order valence-electron chi connectivity index (χ3n) is 1.42. The summed E-state index contributed by atoms with van der Waals surface area (Å²) in [5, 5.41) is 0. The van der Waals surface area contributed by atoms with Gasteiger partial charge in [-0.05, 0) is 12.8 Å². The second kappa shape index (κ2) is 3.45. The fourth-order valence-electron chi connectivity index (χ4n) is 0.503. The molecule has 0 rings (SSSR count). The van der Waals surface area contributed by atoms with Gasteiger partial charge in [0.2, 0.25) is 5.91 Å². The second-order valence-corrected chi connectivity index (χ2v) is 2.51. The molecule has 2 atom stereocenters. The molecule has 1 unspecified atom stereocenters. The number of hydrogen-bond acceptors (Lipinski definition) is 2. The Morgan fingerprint density at radius 3 is 2.11 bits per heavy atom. The molecule has 0 aromatic heterocycles. The summed E-state index contributed by atoms with van der Waals surface area (Å²) in [6.07, 6.45) is 0.387. The van der Waals surface area contributed by atoms with Gasteiger partial charge < -0.3 is 11.5 Å². The number of primary amides is 1. The summed E-state index contributed by atoms with van der Waals surface area (Å²) < 4.78 is 0. The van der Waals surface area contributed by atoms with Crippen molar-refractivity contribution in [2.24, 2.45) is 17.4 Å². The van der Waals surface area contributed by atoms with Crippen molar-refractivity contribution in [2.75, 3.05) is 0 Å². The SMILES string of the molecule is CC(CC(N)=O)[C@H](C)N. The maximum absolute atomic E-state index is 10.3. The van der Waals surface area contributed by atoms with Crippen molar-refractivity contribution in [3.05, 3.63) is 0 Å². The molecule has 0 saturated heterocycles. The van der Waals surface area contributed by atoms with Crippen LogP contribution in [0.4, 0.5) is 0 Å². The van der Waals surface area contributed by atoms with Crippen molar-refractivity contribution < 1.29 is 4.79 Å². The molecule has 9 heavy (non-hydrogen) atoms. The topological polar surface area (TPSA) is 69.1 Å². The van der Waals surface area contributed by atoms with Gasteiger partial charge in [0.25, 0.3) is 0 Å². The monoisotopic (exact) mass is 130 g/mol. The maximum atomic E-state index is 10.3. The first-order chi connectivity index (χ1) is 4.04. The summed E-state index contributed by atoms with van der Waals surface area (Å²) in [7, 11) is 0. The average molecular weight is 130 g/mol. The first-order valence-corrected chi connectivity index (χ1v) is 3.08. The van der Waals surface area contributed by atoms with Gasteiger partial charge in [-0.3, -0.25) is 4.79 Å². The normalized spacial score (nSPS) is 16.8. The van der Waals surface area contributed by atoms with Crippen LogP contribution in [-0.4, -0.2) is 11.9 Å². The zero-order valence-corrected chi connectivity index (χ0v) is 5.92. The Balaban J connectivity index is 3.50. The van der Waals surface area contributed by atoms with Crippen LogP contribution in [0.2, 0.25) is 0 Å². The molecule has 0 aromatic carbocycles. The molecule has 0 fully saturated rings. The Bertz CT molecular complexity index is 101. The van der Waals surface area contributed by atoms with Gasteiger partial charge in [0.05, 0.1) is 0 Å². The van der Waals surface area contributed by atoms with Crippen molar-refractivity contribution in [1.29, 1.82) is 0 Å². The van der Waals surface area contributed by atoms with Crippen molar-refractivity contribution in [2.45, 2.75) is 26.3 Å². The van der Waals surface area contributed by atoms with E-state index in [-0.39, 0.29) is 17.9 Å². The minimum absolute atomic E-state index is 0.0532. The summed E-state index contributed by atoms with van der Waals surface area (Å²) in [6.45, 7) is 3.78. The maximum Gasteiger partial charge on any atom is 0.217 e. The zero-order valence-electron chi connectivity index (χ0n) is 5.92. The van der Waals surface area contributed by atoms with Gasteiger partial charge in [0, 0.05) is 12.5 Å². The van der Waals surface area contributed by atoms with E-state index in [1.165, 1.54) is 0 Å². The number of carbonyl (C=O) groups excluding carboxylic acids is 1. The van der Waals surface area contributed by atoms with Gasteiger partial charge in [-0.2, -0.15) is 0 Å². The fraction of sp³-hybridized carbons (Fsp3) is 0.833. The van der Waals surface area contributed by atoms with Crippen molar-refractivity contribution >= 4 is 5.91 Å². The Morgan fingerprint density at radius 1 is 1.56 bits per heavy atom. The smallest absolute Gasteiger partial charge is 0.217 e. The molecule has 54 valence electrons. The Hall–Kier alpha value is -0.570. The lowest BCUT2D eigenvalue weighted by Crippen LogP contribution is -2.28. The third-order valence-corrected chi connectivity index (χ3v) is 1.42. The first-order valence-electron chi connectivity index (χ1n) is 3.08. The molecule has 3 nitrogen and oxygen atoms in total. The molecule has 0 spiro atoms. The fourth-order valence-corrected chi connectivity index (χ4v) is 0.503. The number of rotatable bonds is 3. The molecule has 4 N–H and O–H groups in total. The van der Waals surface area contributed by atoms with E-state index in [9.17, 15) is 4.79 Å². The van der Waals surface area contributed by atoms with Crippen LogP contribution in [0.3, 0.4) is 0 Å². The minimum atomic E-state index is -0.278. The van der Waals surface area contributed by atoms with E-state index in [2.05, 4.69) is 0 Å². The molecule has 0 saturated carbocycles. The van der Waals surface area contributed by atoms with E-state index in [1.54, 1.807) is 0 Å². The van der Waals surface area contributed by atoms with Gasteiger partial charge in [0.1, 0.15) is 0 Å². The minimum Gasteiger partial charge on any atom is -0.370 e. The van der Waals surface area contributed by atoms with E-state index in [0.29, 0.717) is 6.42 Å². The summed E-state index contributed by atoms with van der Waals surface area (Å²) in [6, 6.07) is 0.0532. The molecular weight excluding hydrogens is 116 g/mol. The van der Waals surface area contributed by atoms with E-state index in [1.807, 2.05) is 13.8 Å². The highest BCUT2D eigenvalue weighted by atomic mass is 16.1. The van der Waals surface area contributed by atoms with Gasteiger partial charge >= 0.3 is 0 Å². The van der Waals surface area contributed by atoms with Crippen LogP contribution in [0.5, 0.6) is 0 Å². The number of hydrogen-bond donors (Lipinski definition) is 2. The zero-order chi connectivity index (χ0) is 7.44. The highest BCUT2D eigenvalue weighted by molar-refractivity contribution is 5.73. The Morgan fingerprint density at radius 2 is 2.00 bits per heavy atom. The predicted molar refractivity (Wildman–Crippen MR) is 36.6 cm³/mol. The molecule has 0 aliphatic heterocycles. The first kappa shape index (κ1) is 8.43. The van der Waals surface area contributed by atoms with E-state index < -0.39 is 0 Å². The molecular formula is C6H14N2O. The van der Waals surface area contributed by atoms with Crippen LogP contribution in [0.25, 0.3) is 0 Å². The van der Waals surface area contributed by atoms with Crippen LogP contribution >= 0.6 is 0 Å². The highest BCUT2D eigenvalue weighted by Gasteiger charge is 2.09. The van der Waals surface area contributed by atoms with Crippen LogP contribution < -0.4 is 11.5 Å². The van der Waals surface area contributed by atoms with Gasteiger partial charge in [0.15, 0.2) is 0 Å². The lowest BCUT2D eigenvalue weighted by atomic mass is 10.0. The Labute approximate surface area is 55.4 Å². The van der Waals surface area contributed by atoms with Crippen LogP contribution in [0.1, 0.15) is 20.3 Å². The summed E-state index contributed by atoms with van der Waals surface area (Å²) >= 11 is 0. The van der Waals surface area contributed by atoms with E-state index >= 15 is 0 Å². The number of carbonyl (C=O) groups is 1. The number of nitrogens with two attached hydrogens (primary N) is 2. The average Bonchev–Trinajstić information content (AvgIpc) is 1.63. The standard InChI is InChI=1S/C6H14N2O/c1-4(5(2)7)3-6(8)9/h4-5H,3,7H2,1-2H3,(H2,8,9)/t4?,5-/m0/s1. The lowest BCUT2D eigenvalue weighted by molar-refractivity contribution is -0.118. The molecule has 0 heterocycles. The summed E-state index contributed by atoms with van der Waals surface area (Å²) in [4.78, 5) is 10.3.